The van der Waals surface area contributed by atoms with Crippen molar-refractivity contribution in [2.45, 2.75) is 52.9 Å². The quantitative estimate of drug-likeness (QED) is 0.566. The van der Waals surface area contributed by atoms with E-state index in [0.717, 1.165) is 29.0 Å². The summed E-state index contributed by atoms with van der Waals surface area (Å²) < 4.78 is 13.4. The average molecular weight is 425 g/mol. The Hall–Kier alpha value is -3.22. The number of carbonyl (C=O) groups excluding carboxylic acids is 1. The number of urea groups is 1. The summed E-state index contributed by atoms with van der Waals surface area (Å²) in [4.78, 5) is 19.2. The molecule has 7 heteroatoms. The van der Waals surface area contributed by atoms with Gasteiger partial charge in [0, 0.05) is 13.6 Å². The van der Waals surface area contributed by atoms with Gasteiger partial charge in [-0.15, -0.1) is 0 Å². The van der Waals surface area contributed by atoms with Crippen molar-refractivity contribution in [3.05, 3.63) is 53.9 Å². The molecule has 1 N–H and O–H groups in total. The zero-order chi connectivity index (χ0) is 22.5. The Morgan fingerprint density at radius 3 is 2.58 bits per heavy atom. The smallest absolute Gasteiger partial charge is 0.318 e. The van der Waals surface area contributed by atoms with E-state index in [1.807, 2.05) is 57.2 Å². The highest BCUT2D eigenvalue weighted by Gasteiger charge is 2.18. The predicted octanol–water partition coefficient (Wildman–Crippen LogP) is 4.75. The van der Waals surface area contributed by atoms with Crippen LogP contribution in [0.3, 0.4) is 0 Å². The maximum absolute atomic E-state index is 12.8. The molecule has 0 radical (unpaired) electrons. The fourth-order valence-electron chi connectivity index (χ4n) is 3.57. The molecule has 0 bridgehead atoms. The zero-order valence-corrected chi connectivity index (χ0v) is 19.2. The molecule has 3 aromatic rings. The van der Waals surface area contributed by atoms with Crippen LogP contribution in [0.25, 0.3) is 11.0 Å². The Balaban J connectivity index is 1.70. The molecule has 1 heterocycles. The number of ether oxygens (including phenoxy) is 2. The van der Waals surface area contributed by atoms with E-state index in [1.165, 1.54) is 0 Å². The van der Waals surface area contributed by atoms with Gasteiger partial charge in [-0.3, -0.25) is 0 Å². The number of imidazole rings is 1. The third kappa shape index (κ3) is 5.10. The van der Waals surface area contributed by atoms with Crippen LogP contribution in [-0.4, -0.2) is 40.7 Å². The molecule has 31 heavy (non-hydrogen) atoms. The van der Waals surface area contributed by atoms with Crippen molar-refractivity contribution in [2.75, 3.05) is 14.2 Å². The van der Waals surface area contributed by atoms with Crippen LogP contribution in [-0.2, 0) is 13.1 Å². The fraction of sp³-hybridized carbons (Fsp3) is 0.417. The SMILES string of the molecule is CCn1c(CN(C)C(=O)NC(C)c2ccc(OC(C)C)c(OC)c2)nc2ccccc21. The van der Waals surface area contributed by atoms with Gasteiger partial charge in [-0.2, -0.15) is 0 Å². The molecule has 3 rings (SSSR count). The number of nitrogens with one attached hydrogen (secondary N) is 1. The van der Waals surface area contributed by atoms with Gasteiger partial charge < -0.3 is 24.3 Å². The Morgan fingerprint density at radius 1 is 1.16 bits per heavy atom. The number of fused-ring (bicyclic) bond motifs is 1. The first-order chi connectivity index (χ1) is 14.8. The van der Waals surface area contributed by atoms with Gasteiger partial charge in [0.15, 0.2) is 11.5 Å². The van der Waals surface area contributed by atoms with Crippen molar-refractivity contribution < 1.29 is 14.3 Å². The summed E-state index contributed by atoms with van der Waals surface area (Å²) >= 11 is 0. The summed E-state index contributed by atoms with van der Waals surface area (Å²) in [6.07, 6.45) is 0.0536. The Kier molecular flexibility index (Phi) is 7.05. The molecule has 1 atom stereocenters. The summed E-state index contributed by atoms with van der Waals surface area (Å²) in [6.45, 7) is 9.19. The molecule has 7 nitrogen and oxygen atoms in total. The first kappa shape index (κ1) is 22.5. The van der Waals surface area contributed by atoms with E-state index >= 15 is 0 Å². The van der Waals surface area contributed by atoms with Crippen molar-refractivity contribution >= 4 is 17.1 Å². The van der Waals surface area contributed by atoms with Gasteiger partial charge in [-0.1, -0.05) is 18.2 Å². The maximum Gasteiger partial charge on any atom is 0.318 e. The van der Waals surface area contributed by atoms with Crippen LogP contribution < -0.4 is 14.8 Å². The zero-order valence-electron chi connectivity index (χ0n) is 19.2. The summed E-state index contributed by atoms with van der Waals surface area (Å²) in [7, 11) is 3.39. The van der Waals surface area contributed by atoms with Crippen LogP contribution in [0, 0.1) is 0 Å². The number of aromatic nitrogens is 2. The van der Waals surface area contributed by atoms with Crippen LogP contribution in [0.2, 0.25) is 0 Å². The Morgan fingerprint density at radius 2 is 1.90 bits per heavy atom. The molecule has 0 saturated heterocycles. The Bertz CT molecular complexity index is 1040. The molecule has 0 aliphatic rings. The van der Waals surface area contributed by atoms with E-state index < -0.39 is 0 Å². The highest BCUT2D eigenvalue weighted by Crippen LogP contribution is 2.31. The molecular weight excluding hydrogens is 392 g/mol. The minimum Gasteiger partial charge on any atom is -0.493 e. The lowest BCUT2D eigenvalue weighted by atomic mass is 10.1. The molecule has 1 aromatic heterocycles. The Labute approximate surface area is 184 Å². The van der Waals surface area contributed by atoms with E-state index in [9.17, 15) is 4.79 Å². The second-order valence-corrected chi connectivity index (χ2v) is 7.87. The predicted molar refractivity (Wildman–Crippen MR) is 123 cm³/mol. The number of rotatable bonds is 8. The van der Waals surface area contributed by atoms with Gasteiger partial charge >= 0.3 is 6.03 Å². The van der Waals surface area contributed by atoms with E-state index in [2.05, 4.69) is 22.9 Å². The number of aryl methyl sites for hydroxylation is 1. The topological polar surface area (TPSA) is 68.6 Å². The number of carbonyl (C=O) groups is 1. The number of benzene rings is 2. The molecule has 0 aliphatic carbocycles. The van der Waals surface area contributed by atoms with Crippen molar-refractivity contribution in [3.8, 4) is 11.5 Å². The van der Waals surface area contributed by atoms with E-state index in [-0.39, 0.29) is 18.2 Å². The molecule has 166 valence electrons. The summed E-state index contributed by atoms with van der Waals surface area (Å²) in [5, 5.41) is 3.05. The molecule has 0 saturated carbocycles. The van der Waals surface area contributed by atoms with Crippen molar-refractivity contribution in [3.63, 3.8) is 0 Å². The minimum absolute atomic E-state index is 0.0536. The second-order valence-electron chi connectivity index (χ2n) is 7.87. The van der Waals surface area contributed by atoms with E-state index in [0.29, 0.717) is 18.0 Å². The largest absolute Gasteiger partial charge is 0.493 e. The van der Waals surface area contributed by atoms with Gasteiger partial charge in [-0.25, -0.2) is 9.78 Å². The summed E-state index contributed by atoms with van der Waals surface area (Å²) in [6, 6.07) is 13.4. The first-order valence-corrected chi connectivity index (χ1v) is 10.6. The van der Waals surface area contributed by atoms with Gasteiger partial charge in [0.1, 0.15) is 5.82 Å². The van der Waals surface area contributed by atoms with Gasteiger partial charge in [0.2, 0.25) is 0 Å². The number of hydrogen-bond acceptors (Lipinski definition) is 4. The lowest BCUT2D eigenvalue weighted by Gasteiger charge is -2.22. The normalized spacial score (nSPS) is 12.1. The number of methoxy groups -OCH3 is 1. The van der Waals surface area contributed by atoms with Crippen LogP contribution in [0.4, 0.5) is 4.79 Å². The molecule has 2 aromatic carbocycles. The van der Waals surface area contributed by atoms with Crippen LogP contribution in [0.5, 0.6) is 11.5 Å². The second kappa shape index (κ2) is 9.73. The monoisotopic (exact) mass is 424 g/mol. The number of amides is 2. The minimum atomic E-state index is -0.193. The van der Waals surface area contributed by atoms with Gasteiger partial charge in [0.05, 0.1) is 36.8 Å². The van der Waals surface area contributed by atoms with E-state index in [4.69, 9.17) is 14.5 Å². The first-order valence-electron chi connectivity index (χ1n) is 10.6. The lowest BCUT2D eigenvalue weighted by molar-refractivity contribution is 0.202. The number of hydrogen-bond donors (Lipinski definition) is 1. The maximum atomic E-state index is 12.8. The van der Waals surface area contributed by atoms with Crippen molar-refractivity contribution in [2.24, 2.45) is 0 Å². The molecule has 0 spiro atoms. The molecule has 2 amide bonds. The molecular formula is C24H32N4O3. The van der Waals surface area contributed by atoms with Gasteiger partial charge in [-0.05, 0) is 57.5 Å². The highest BCUT2D eigenvalue weighted by molar-refractivity contribution is 5.77. The van der Waals surface area contributed by atoms with Crippen molar-refractivity contribution in [1.82, 2.24) is 19.8 Å². The van der Waals surface area contributed by atoms with Crippen LogP contribution in [0.15, 0.2) is 42.5 Å². The third-order valence-electron chi connectivity index (χ3n) is 5.17. The van der Waals surface area contributed by atoms with E-state index in [1.54, 1.807) is 19.1 Å². The number of nitrogens with zero attached hydrogens (tertiary/aromatic N) is 3. The molecule has 0 aliphatic heterocycles. The summed E-state index contributed by atoms with van der Waals surface area (Å²) in [5.41, 5.74) is 2.96. The van der Waals surface area contributed by atoms with Crippen molar-refractivity contribution in [1.29, 1.82) is 0 Å². The lowest BCUT2D eigenvalue weighted by Crippen LogP contribution is -2.38. The summed E-state index contributed by atoms with van der Waals surface area (Å²) in [5.74, 6) is 2.21. The number of para-hydroxylation sites is 2. The molecule has 1 unspecified atom stereocenters. The fourth-order valence-corrected chi connectivity index (χ4v) is 3.57. The average Bonchev–Trinajstić information content (AvgIpc) is 3.10. The van der Waals surface area contributed by atoms with Gasteiger partial charge in [0.25, 0.3) is 0 Å². The molecule has 0 fully saturated rings. The standard InChI is InChI=1S/C24H32N4O3/c1-7-28-20-11-9-8-10-19(20)26-23(28)15-27(5)24(29)25-17(4)18-12-13-21(31-16(2)3)22(14-18)30-6/h8-14,16-17H,7,15H2,1-6H3,(H,25,29). The third-order valence-corrected chi connectivity index (χ3v) is 5.17. The van der Waals surface area contributed by atoms with Crippen LogP contribution >= 0.6 is 0 Å². The van der Waals surface area contributed by atoms with Crippen LogP contribution in [0.1, 0.15) is 45.1 Å². The highest BCUT2D eigenvalue weighted by atomic mass is 16.5.